The Morgan fingerprint density at radius 1 is 1.15 bits per heavy atom. The summed E-state index contributed by atoms with van der Waals surface area (Å²) in [6, 6.07) is 12.7. The van der Waals surface area contributed by atoms with Crippen molar-refractivity contribution in [2.45, 2.75) is 6.54 Å². The fourth-order valence-electron chi connectivity index (χ4n) is 2.88. The number of halogens is 1. The summed E-state index contributed by atoms with van der Waals surface area (Å²) in [7, 11) is 0. The van der Waals surface area contributed by atoms with Gasteiger partial charge in [0.05, 0.1) is 11.0 Å². The number of H-pyrrole nitrogens is 1. The first-order chi connectivity index (χ1) is 12.8. The Morgan fingerprint density at radius 2 is 2.08 bits per heavy atom. The minimum atomic E-state index is -0.239. The number of hydrogen-bond acceptors (Lipinski definition) is 5. The average Bonchev–Trinajstić information content (AvgIpc) is 3.36. The highest BCUT2D eigenvalue weighted by atomic mass is 32.1. The van der Waals surface area contributed by atoms with Crippen LogP contribution in [0.4, 0.5) is 10.3 Å². The summed E-state index contributed by atoms with van der Waals surface area (Å²) >= 11 is 1.59. The fourth-order valence-corrected chi connectivity index (χ4v) is 3.52. The van der Waals surface area contributed by atoms with Crippen molar-refractivity contribution < 1.29 is 4.39 Å². The maximum Gasteiger partial charge on any atom is 0.253 e. The highest BCUT2D eigenvalue weighted by Crippen LogP contribution is 2.26. The van der Waals surface area contributed by atoms with Crippen molar-refractivity contribution in [1.29, 1.82) is 0 Å². The van der Waals surface area contributed by atoms with Gasteiger partial charge in [0, 0.05) is 29.2 Å². The van der Waals surface area contributed by atoms with Crippen LogP contribution in [0.2, 0.25) is 0 Å². The highest BCUT2D eigenvalue weighted by Gasteiger charge is 2.12. The summed E-state index contributed by atoms with van der Waals surface area (Å²) in [5, 5.41) is 9.17. The lowest BCUT2D eigenvalue weighted by Gasteiger charge is -2.03. The highest BCUT2D eigenvalue weighted by molar-refractivity contribution is 7.13. The van der Waals surface area contributed by atoms with E-state index in [2.05, 4.69) is 25.4 Å². The molecule has 2 N–H and O–H groups in total. The first-order valence-electron chi connectivity index (χ1n) is 8.03. The predicted octanol–water partition coefficient (Wildman–Crippen LogP) is 4.09. The molecule has 26 heavy (non-hydrogen) atoms. The lowest BCUT2D eigenvalue weighted by Crippen LogP contribution is -2.03. The Bertz CT molecular complexity index is 1210. The van der Waals surface area contributed by atoms with Gasteiger partial charge in [-0.1, -0.05) is 18.2 Å². The molecular weight excluding hydrogens is 351 g/mol. The van der Waals surface area contributed by atoms with E-state index < -0.39 is 0 Å². The smallest absolute Gasteiger partial charge is 0.253 e. The zero-order chi connectivity index (χ0) is 17.5. The molecule has 0 fully saturated rings. The standard InChI is InChI=1S/C18H13FN6S/c19-13-4-2-1-3-12(13)10-21-17-23-18-22-14-9-11(16-20-7-8-26-16)5-6-15(14)25(18)24-17/h1-9H,10H2,(H2,21,22,23,24). The zero-order valence-electron chi connectivity index (χ0n) is 13.5. The monoisotopic (exact) mass is 364 g/mol. The molecule has 128 valence electrons. The first-order valence-corrected chi connectivity index (χ1v) is 8.91. The maximum absolute atomic E-state index is 13.7. The van der Waals surface area contributed by atoms with Gasteiger partial charge in [0.2, 0.25) is 5.95 Å². The Morgan fingerprint density at radius 3 is 2.92 bits per heavy atom. The largest absolute Gasteiger partial charge is 0.350 e. The molecule has 5 rings (SSSR count). The molecule has 0 unspecified atom stereocenters. The molecule has 0 spiro atoms. The molecular formula is C18H13FN6S. The lowest BCUT2D eigenvalue weighted by atomic mass is 10.2. The van der Waals surface area contributed by atoms with E-state index in [0.717, 1.165) is 21.6 Å². The molecule has 5 aromatic rings. The van der Waals surface area contributed by atoms with Gasteiger partial charge in [-0.2, -0.15) is 4.98 Å². The molecule has 0 atom stereocenters. The van der Waals surface area contributed by atoms with Gasteiger partial charge in [-0.15, -0.1) is 11.3 Å². The van der Waals surface area contributed by atoms with Gasteiger partial charge in [0.1, 0.15) is 10.8 Å². The Balaban J connectivity index is 1.45. The van der Waals surface area contributed by atoms with Crippen molar-refractivity contribution >= 4 is 34.1 Å². The second-order valence-electron chi connectivity index (χ2n) is 5.81. The number of benzene rings is 2. The number of nitrogens with one attached hydrogen (secondary N) is 2. The summed E-state index contributed by atoms with van der Waals surface area (Å²) in [5.41, 5.74) is 3.38. The van der Waals surface area contributed by atoms with Gasteiger partial charge in [0.15, 0.2) is 0 Å². The molecule has 0 aliphatic heterocycles. The Labute approximate surface area is 151 Å². The Kier molecular flexibility index (Phi) is 3.42. The van der Waals surface area contributed by atoms with E-state index in [1.165, 1.54) is 6.07 Å². The van der Waals surface area contributed by atoms with Crippen LogP contribution in [0, 0.1) is 5.82 Å². The van der Waals surface area contributed by atoms with E-state index in [9.17, 15) is 4.39 Å². The number of anilines is 1. The third-order valence-corrected chi connectivity index (χ3v) is 4.97. The molecule has 0 aliphatic carbocycles. The normalized spacial score (nSPS) is 11.4. The third kappa shape index (κ3) is 2.51. The minimum Gasteiger partial charge on any atom is -0.350 e. The molecule has 0 saturated heterocycles. The van der Waals surface area contributed by atoms with Gasteiger partial charge >= 0.3 is 0 Å². The van der Waals surface area contributed by atoms with Crippen LogP contribution >= 0.6 is 11.3 Å². The van der Waals surface area contributed by atoms with Crippen molar-refractivity contribution in [3.05, 3.63) is 65.4 Å². The third-order valence-electron chi connectivity index (χ3n) is 4.15. The van der Waals surface area contributed by atoms with E-state index in [4.69, 9.17) is 0 Å². The molecule has 0 amide bonds. The SMILES string of the molecule is Fc1ccccc1CNc1nc2nc3cc(-c4nccs4)ccc3n2[nH]1. The number of hydrogen-bond donors (Lipinski definition) is 2. The number of aromatic amines is 1. The zero-order valence-corrected chi connectivity index (χ0v) is 14.3. The Hall–Kier alpha value is -3.26. The van der Waals surface area contributed by atoms with Crippen molar-refractivity contribution in [1.82, 2.24) is 24.6 Å². The summed E-state index contributed by atoms with van der Waals surface area (Å²) in [6.45, 7) is 0.343. The summed E-state index contributed by atoms with van der Waals surface area (Å²) in [5.74, 6) is 0.866. The lowest BCUT2D eigenvalue weighted by molar-refractivity contribution is 0.612. The molecule has 6 nitrogen and oxygen atoms in total. The van der Waals surface area contributed by atoms with E-state index in [0.29, 0.717) is 23.8 Å². The van der Waals surface area contributed by atoms with E-state index in [1.807, 2.05) is 34.2 Å². The first kappa shape index (κ1) is 15.0. The molecule has 3 heterocycles. The van der Waals surface area contributed by atoms with Gasteiger partial charge in [0.25, 0.3) is 5.78 Å². The van der Waals surface area contributed by atoms with Crippen LogP contribution < -0.4 is 5.32 Å². The van der Waals surface area contributed by atoms with Crippen LogP contribution in [0.25, 0.3) is 27.4 Å². The van der Waals surface area contributed by atoms with E-state index in [-0.39, 0.29) is 5.82 Å². The van der Waals surface area contributed by atoms with Crippen LogP contribution in [0.15, 0.2) is 54.0 Å². The number of nitrogens with zero attached hydrogens (tertiary/aromatic N) is 4. The van der Waals surface area contributed by atoms with Gasteiger partial charge in [-0.05, 0) is 24.3 Å². The van der Waals surface area contributed by atoms with Crippen LogP contribution in [-0.2, 0) is 6.54 Å². The van der Waals surface area contributed by atoms with Crippen molar-refractivity contribution in [2.75, 3.05) is 5.32 Å². The van der Waals surface area contributed by atoms with Crippen molar-refractivity contribution in [3.8, 4) is 10.6 Å². The molecule has 2 aromatic carbocycles. The van der Waals surface area contributed by atoms with Crippen molar-refractivity contribution in [2.24, 2.45) is 0 Å². The summed E-state index contributed by atoms with van der Waals surface area (Å²) in [6.07, 6.45) is 1.79. The van der Waals surface area contributed by atoms with Gasteiger partial charge in [-0.3, -0.25) is 5.10 Å². The molecule has 0 saturated carbocycles. The van der Waals surface area contributed by atoms with Crippen LogP contribution in [-0.4, -0.2) is 24.6 Å². The van der Waals surface area contributed by atoms with E-state index >= 15 is 0 Å². The quantitative estimate of drug-likeness (QED) is 0.504. The minimum absolute atomic E-state index is 0.239. The number of fused-ring (bicyclic) bond motifs is 3. The average molecular weight is 364 g/mol. The number of thiazole rings is 1. The number of imidazole rings is 1. The molecule has 0 bridgehead atoms. The topological polar surface area (TPSA) is 70.9 Å². The van der Waals surface area contributed by atoms with Crippen LogP contribution in [0.3, 0.4) is 0 Å². The van der Waals surface area contributed by atoms with Crippen LogP contribution in [0.1, 0.15) is 5.56 Å². The predicted molar refractivity (Wildman–Crippen MR) is 99.7 cm³/mol. The van der Waals surface area contributed by atoms with Crippen LogP contribution in [0.5, 0.6) is 0 Å². The van der Waals surface area contributed by atoms with E-state index in [1.54, 1.807) is 29.7 Å². The number of aromatic nitrogens is 5. The van der Waals surface area contributed by atoms with Gasteiger partial charge < -0.3 is 5.32 Å². The maximum atomic E-state index is 13.7. The molecule has 0 radical (unpaired) electrons. The molecule has 8 heteroatoms. The second kappa shape index (κ2) is 5.92. The molecule has 0 aliphatic rings. The summed E-state index contributed by atoms with van der Waals surface area (Å²) in [4.78, 5) is 13.3. The second-order valence-corrected chi connectivity index (χ2v) is 6.70. The number of rotatable bonds is 4. The fraction of sp³-hybridized carbons (Fsp3) is 0.0556. The van der Waals surface area contributed by atoms with Gasteiger partial charge in [-0.25, -0.2) is 18.9 Å². The van der Waals surface area contributed by atoms with Crippen molar-refractivity contribution in [3.63, 3.8) is 0 Å². The summed E-state index contributed by atoms with van der Waals surface area (Å²) < 4.78 is 15.5. The molecule has 3 aromatic heterocycles.